The highest BCUT2D eigenvalue weighted by atomic mass is 16.5. The number of carbonyl (C=O) groups is 1. The largest absolute Gasteiger partial charge is 0.497 e. The molecule has 0 bridgehead atoms. The molecule has 0 spiro atoms. The van der Waals surface area contributed by atoms with Gasteiger partial charge in [-0.25, -0.2) is 4.79 Å². The molecule has 4 nitrogen and oxygen atoms in total. The molecular formula is C14H15NO3. The Bertz CT molecular complexity index is 518. The third-order valence-electron chi connectivity index (χ3n) is 3.40. The van der Waals surface area contributed by atoms with E-state index in [1.807, 2.05) is 12.1 Å². The Morgan fingerprint density at radius 3 is 3.06 bits per heavy atom. The van der Waals surface area contributed by atoms with Crippen molar-refractivity contribution in [2.75, 3.05) is 13.7 Å². The number of rotatable bonds is 4. The van der Waals surface area contributed by atoms with Crippen LogP contribution in [0.3, 0.4) is 0 Å². The van der Waals surface area contributed by atoms with Crippen molar-refractivity contribution in [3.8, 4) is 18.1 Å². The zero-order chi connectivity index (χ0) is 13.2. The van der Waals surface area contributed by atoms with Crippen LogP contribution in [-0.4, -0.2) is 24.7 Å². The molecule has 18 heavy (non-hydrogen) atoms. The number of aryl methyl sites for hydroxylation is 1. The molecule has 1 aliphatic rings. The molecule has 4 heteroatoms. The van der Waals surface area contributed by atoms with Crippen LogP contribution in [0, 0.1) is 12.3 Å². The SMILES string of the molecule is C#CCNC1(C(=O)O)CCc2ccc(OC)cc21. The molecule has 1 unspecified atom stereocenters. The summed E-state index contributed by atoms with van der Waals surface area (Å²) in [7, 11) is 1.56. The topological polar surface area (TPSA) is 58.6 Å². The monoisotopic (exact) mass is 245 g/mol. The Balaban J connectivity index is 2.48. The van der Waals surface area contributed by atoms with Gasteiger partial charge in [-0.05, 0) is 36.1 Å². The predicted octanol–water partition coefficient (Wildman–Crippen LogP) is 1.14. The number of terminal acetylenes is 1. The number of hydrogen-bond donors (Lipinski definition) is 2. The number of carboxylic acid groups (broad SMARTS) is 1. The van der Waals surface area contributed by atoms with Crippen molar-refractivity contribution in [3.63, 3.8) is 0 Å². The summed E-state index contributed by atoms with van der Waals surface area (Å²) < 4.78 is 5.16. The summed E-state index contributed by atoms with van der Waals surface area (Å²) in [5, 5.41) is 12.5. The third-order valence-corrected chi connectivity index (χ3v) is 3.40. The van der Waals surface area contributed by atoms with E-state index in [4.69, 9.17) is 11.2 Å². The molecule has 2 N–H and O–H groups in total. The molecule has 0 saturated heterocycles. The van der Waals surface area contributed by atoms with Gasteiger partial charge in [0, 0.05) is 0 Å². The number of benzene rings is 1. The van der Waals surface area contributed by atoms with Gasteiger partial charge in [-0.3, -0.25) is 5.32 Å². The second kappa shape index (κ2) is 4.71. The highest BCUT2D eigenvalue weighted by Gasteiger charge is 2.45. The Kier molecular flexibility index (Phi) is 3.26. The lowest BCUT2D eigenvalue weighted by molar-refractivity contribution is -0.145. The summed E-state index contributed by atoms with van der Waals surface area (Å²) in [5.74, 6) is 2.19. The molecule has 94 valence electrons. The average Bonchev–Trinajstić information content (AvgIpc) is 2.75. The molecular weight excluding hydrogens is 230 g/mol. The van der Waals surface area contributed by atoms with Gasteiger partial charge in [0.15, 0.2) is 0 Å². The number of carboxylic acids is 1. The van der Waals surface area contributed by atoms with E-state index in [-0.39, 0.29) is 6.54 Å². The minimum Gasteiger partial charge on any atom is -0.497 e. The van der Waals surface area contributed by atoms with E-state index in [1.54, 1.807) is 13.2 Å². The lowest BCUT2D eigenvalue weighted by atomic mass is 9.91. The van der Waals surface area contributed by atoms with Crippen LogP contribution in [0.2, 0.25) is 0 Å². The zero-order valence-electron chi connectivity index (χ0n) is 10.2. The van der Waals surface area contributed by atoms with Crippen LogP contribution < -0.4 is 10.1 Å². The van der Waals surface area contributed by atoms with Crippen LogP contribution in [0.5, 0.6) is 5.75 Å². The van der Waals surface area contributed by atoms with Crippen molar-refractivity contribution >= 4 is 5.97 Å². The standard InChI is InChI=1S/C14H15NO3/c1-3-8-15-14(13(16)17)7-6-10-4-5-11(18-2)9-12(10)14/h1,4-5,9,15H,6-8H2,2H3,(H,16,17). The Labute approximate surface area is 106 Å². The maximum Gasteiger partial charge on any atom is 0.328 e. The first-order valence-electron chi connectivity index (χ1n) is 5.73. The van der Waals surface area contributed by atoms with E-state index in [2.05, 4.69) is 11.2 Å². The molecule has 0 fully saturated rings. The summed E-state index contributed by atoms with van der Waals surface area (Å²) in [6, 6.07) is 5.54. The van der Waals surface area contributed by atoms with Gasteiger partial charge >= 0.3 is 5.97 Å². The second-order valence-corrected chi connectivity index (χ2v) is 4.29. The molecule has 1 aromatic rings. The summed E-state index contributed by atoms with van der Waals surface area (Å²) >= 11 is 0. The number of ether oxygens (including phenoxy) is 1. The molecule has 0 saturated carbocycles. The minimum atomic E-state index is -1.09. The Hall–Kier alpha value is -1.99. The van der Waals surface area contributed by atoms with Crippen molar-refractivity contribution in [2.24, 2.45) is 0 Å². The lowest BCUT2D eigenvalue weighted by Crippen LogP contribution is -2.47. The van der Waals surface area contributed by atoms with E-state index in [0.29, 0.717) is 12.2 Å². The van der Waals surface area contributed by atoms with Crippen molar-refractivity contribution in [1.29, 1.82) is 0 Å². The van der Waals surface area contributed by atoms with Gasteiger partial charge in [0.25, 0.3) is 0 Å². The van der Waals surface area contributed by atoms with Crippen LogP contribution in [0.1, 0.15) is 17.5 Å². The van der Waals surface area contributed by atoms with Gasteiger partial charge in [-0.1, -0.05) is 12.0 Å². The van der Waals surface area contributed by atoms with E-state index >= 15 is 0 Å². The van der Waals surface area contributed by atoms with Crippen LogP contribution in [-0.2, 0) is 16.8 Å². The average molecular weight is 245 g/mol. The van der Waals surface area contributed by atoms with Gasteiger partial charge in [-0.2, -0.15) is 0 Å². The van der Waals surface area contributed by atoms with E-state index in [1.165, 1.54) is 0 Å². The highest BCUT2D eigenvalue weighted by molar-refractivity contribution is 5.83. The van der Waals surface area contributed by atoms with Gasteiger partial charge < -0.3 is 9.84 Å². The smallest absolute Gasteiger partial charge is 0.328 e. The van der Waals surface area contributed by atoms with Gasteiger partial charge in [0.1, 0.15) is 11.3 Å². The quantitative estimate of drug-likeness (QED) is 0.781. The first-order chi connectivity index (χ1) is 8.64. The van der Waals surface area contributed by atoms with Crippen LogP contribution in [0.15, 0.2) is 18.2 Å². The van der Waals surface area contributed by atoms with Crippen molar-refractivity contribution in [3.05, 3.63) is 29.3 Å². The summed E-state index contributed by atoms with van der Waals surface area (Å²) in [6.45, 7) is 0.225. The molecule has 0 amide bonds. The highest BCUT2D eigenvalue weighted by Crippen LogP contribution is 2.39. The Morgan fingerprint density at radius 2 is 2.44 bits per heavy atom. The molecule has 0 radical (unpaired) electrons. The summed E-state index contributed by atoms with van der Waals surface area (Å²) in [6.07, 6.45) is 6.44. The summed E-state index contributed by atoms with van der Waals surface area (Å²) in [5.41, 5.74) is 0.697. The Morgan fingerprint density at radius 1 is 1.67 bits per heavy atom. The van der Waals surface area contributed by atoms with Gasteiger partial charge in [0.2, 0.25) is 0 Å². The van der Waals surface area contributed by atoms with Crippen molar-refractivity contribution in [2.45, 2.75) is 18.4 Å². The third kappa shape index (κ3) is 1.83. The zero-order valence-corrected chi connectivity index (χ0v) is 10.2. The fourth-order valence-electron chi connectivity index (χ4n) is 2.44. The summed E-state index contributed by atoms with van der Waals surface area (Å²) in [4.78, 5) is 11.6. The van der Waals surface area contributed by atoms with Gasteiger partial charge in [-0.15, -0.1) is 6.42 Å². The van der Waals surface area contributed by atoms with Crippen LogP contribution >= 0.6 is 0 Å². The first kappa shape index (κ1) is 12.5. The van der Waals surface area contributed by atoms with Crippen molar-refractivity contribution in [1.82, 2.24) is 5.32 Å². The van der Waals surface area contributed by atoms with Gasteiger partial charge in [0.05, 0.1) is 13.7 Å². The predicted molar refractivity (Wildman–Crippen MR) is 67.5 cm³/mol. The lowest BCUT2D eigenvalue weighted by Gasteiger charge is -2.26. The van der Waals surface area contributed by atoms with E-state index in [0.717, 1.165) is 17.5 Å². The van der Waals surface area contributed by atoms with E-state index in [9.17, 15) is 9.90 Å². The maximum atomic E-state index is 11.6. The number of nitrogens with one attached hydrogen (secondary N) is 1. The maximum absolute atomic E-state index is 11.6. The minimum absolute atomic E-state index is 0.225. The number of fused-ring (bicyclic) bond motifs is 1. The molecule has 1 aliphatic carbocycles. The molecule has 1 atom stereocenters. The second-order valence-electron chi connectivity index (χ2n) is 4.29. The first-order valence-corrected chi connectivity index (χ1v) is 5.73. The molecule has 0 aromatic heterocycles. The molecule has 0 aliphatic heterocycles. The normalized spacial score (nSPS) is 21.1. The number of hydrogen-bond acceptors (Lipinski definition) is 3. The van der Waals surface area contributed by atoms with E-state index < -0.39 is 11.5 Å². The fourth-order valence-corrected chi connectivity index (χ4v) is 2.44. The van der Waals surface area contributed by atoms with Crippen molar-refractivity contribution < 1.29 is 14.6 Å². The van der Waals surface area contributed by atoms with Crippen LogP contribution in [0.4, 0.5) is 0 Å². The molecule has 2 rings (SSSR count). The van der Waals surface area contributed by atoms with Crippen LogP contribution in [0.25, 0.3) is 0 Å². The molecule has 1 aromatic carbocycles. The fraction of sp³-hybridized carbons (Fsp3) is 0.357. The number of methoxy groups -OCH3 is 1. The number of aliphatic carboxylic acids is 1. The molecule has 0 heterocycles.